The van der Waals surface area contributed by atoms with Crippen molar-refractivity contribution in [2.75, 3.05) is 6.54 Å². The largest absolute Gasteiger partial charge is 1.00 e. The van der Waals surface area contributed by atoms with Crippen LogP contribution in [0.4, 0.5) is 0 Å². The second-order valence-electron chi connectivity index (χ2n) is 2.16. The minimum absolute atomic E-state index is 0. The van der Waals surface area contributed by atoms with Crippen LogP contribution in [0.2, 0.25) is 0 Å². The van der Waals surface area contributed by atoms with Crippen molar-refractivity contribution in [2.45, 2.75) is 13.8 Å². The zero-order chi connectivity index (χ0) is 8.85. The Kier molecular flexibility index (Phi) is 9.81. The van der Waals surface area contributed by atoms with E-state index in [1.165, 1.54) is 13.0 Å². The van der Waals surface area contributed by atoms with E-state index in [0.29, 0.717) is 5.70 Å². The van der Waals surface area contributed by atoms with Crippen molar-refractivity contribution in [2.24, 2.45) is 0 Å². The van der Waals surface area contributed by atoms with Crippen LogP contribution in [0.1, 0.15) is 13.8 Å². The van der Waals surface area contributed by atoms with Gasteiger partial charge in [0.05, 0.1) is 12.5 Å². The minimum Gasteiger partial charge on any atom is -0.548 e. The Balaban J connectivity index is 0. The van der Waals surface area contributed by atoms with Crippen molar-refractivity contribution >= 4 is 11.8 Å². The Hall–Kier alpha value is 0.316. The zero-order valence-electron chi connectivity index (χ0n) is 7.51. The molecule has 0 rings (SSSR count). The summed E-state index contributed by atoms with van der Waals surface area (Å²) < 4.78 is 0. The molecule has 1 N–H and O–H groups in total. The maximum atomic E-state index is 10.4. The van der Waals surface area contributed by atoms with Gasteiger partial charge in [0.2, 0.25) is 0 Å². The van der Waals surface area contributed by atoms with E-state index in [0.717, 1.165) is 0 Å². The van der Waals surface area contributed by atoms with Crippen LogP contribution in [0.5, 0.6) is 0 Å². The van der Waals surface area contributed by atoms with Crippen LogP contribution < -0.4 is 61.8 Å². The summed E-state index contributed by atoms with van der Waals surface area (Å²) in [6.07, 6.45) is 1.32. The monoisotopic (exact) mass is 195 g/mol. The molecule has 0 saturated heterocycles. The van der Waals surface area contributed by atoms with Crippen molar-refractivity contribution in [1.29, 1.82) is 0 Å². The zero-order valence-corrected chi connectivity index (χ0v) is 10.6. The van der Waals surface area contributed by atoms with Crippen LogP contribution >= 0.6 is 0 Å². The topological polar surface area (TPSA) is 69.2 Å². The Labute approximate surface area is 114 Å². The minimum atomic E-state index is -1.19. The first kappa shape index (κ1) is 14.8. The second-order valence-corrected chi connectivity index (χ2v) is 2.16. The fourth-order valence-electron chi connectivity index (χ4n) is 0.568. The van der Waals surface area contributed by atoms with Gasteiger partial charge >= 0.3 is 51.4 Å². The summed E-state index contributed by atoms with van der Waals surface area (Å²) in [5.41, 5.74) is 0.529. The SMILES string of the molecule is CC(=O)C=C(C)NCC(=O)[O-].[K+]. The van der Waals surface area contributed by atoms with Crippen LogP contribution in [0.3, 0.4) is 0 Å². The first-order valence-electron chi connectivity index (χ1n) is 3.15. The average molecular weight is 195 g/mol. The number of rotatable bonds is 4. The first-order chi connectivity index (χ1) is 5.02. The van der Waals surface area contributed by atoms with Crippen molar-refractivity contribution < 1.29 is 66.1 Å². The van der Waals surface area contributed by atoms with Gasteiger partial charge in [0.15, 0.2) is 5.78 Å². The van der Waals surface area contributed by atoms with Crippen LogP contribution in [0.15, 0.2) is 11.8 Å². The molecule has 0 saturated carbocycles. The van der Waals surface area contributed by atoms with Gasteiger partial charge in [-0.2, -0.15) is 0 Å². The third-order valence-electron chi connectivity index (χ3n) is 0.931. The summed E-state index contributed by atoms with van der Waals surface area (Å²) in [5.74, 6) is -1.31. The molecule has 0 spiro atoms. The molecule has 0 amide bonds. The normalized spacial score (nSPS) is 10.0. The molecule has 0 radical (unpaired) electrons. The number of nitrogens with one attached hydrogen (secondary N) is 1. The second kappa shape index (κ2) is 7.94. The predicted molar refractivity (Wildman–Crippen MR) is 37.4 cm³/mol. The molecule has 0 aliphatic rings. The van der Waals surface area contributed by atoms with E-state index in [1.54, 1.807) is 6.92 Å². The number of hydrogen-bond acceptors (Lipinski definition) is 4. The van der Waals surface area contributed by atoms with E-state index in [4.69, 9.17) is 0 Å². The third-order valence-corrected chi connectivity index (χ3v) is 0.931. The molecule has 0 fully saturated rings. The number of hydrogen-bond donors (Lipinski definition) is 1. The summed E-state index contributed by atoms with van der Waals surface area (Å²) in [7, 11) is 0. The van der Waals surface area contributed by atoms with Crippen LogP contribution in [0.25, 0.3) is 0 Å². The molecule has 0 aromatic carbocycles. The number of aliphatic carboxylic acids is 1. The maximum Gasteiger partial charge on any atom is 1.00 e. The number of carbonyl (C=O) groups is 2. The van der Waals surface area contributed by atoms with Crippen LogP contribution in [0, 0.1) is 0 Å². The number of allylic oxidation sites excluding steroid dienone is 2. The number of ketones is 1. The average Bonchev–Trinajstić information content (AvgIpc) is 1.82. The fraction of sp³-hybridized carbons (Fsp3) is 0.429. The fourth-order valence-corrected chi connectivity index (χ4v) is 0.568. The predicted octanol–water partition coefficient (Wildman–Crippen LogP) is -4.18. The molecule has 0 bridgehead atoms. The van der Waals surface area contributed by atoms with Crippen LogP contribution in [-0.2, 0) is 9.59 Å². The first-order valence-corrected chi connectivity index (χ1v) is 3.15. The van der Waals surface area contributed by atoms with Crippen molar-refractivity contribution in [1.82, 2.24) is 5.32 Å². The van der Waals surface area contributed by atoms with E-state index < -0.39 is 5.97 Å². The third kappa shape index (κ3) is 10.3. The molecule has 62 valence electrons. The van der Waals surface area contributed by atoms with Gasteiger partial charge in [-0.1, -0.05) is 0 Å². The van der Waals surface area contributed by atoms with Gasteiger partial charge < -0.3 is 15.2 Å². The Morgan fingerprint density at radius 3 is 2.25 bits per heavy atom. The van der Waals surface area contributed by atoms with E-state index in [9.17, 15) is 14.7 Å². The maximum absolute atomic E-state index is 10.4. The van der Waals surface area contributed by atoms with Crippen LogP contribution in [-0.4, -0.2) is 18.3 Å². The summed E-state index contributed by atoms with van der Waals surface area (Å²) in [5, 5.41) is 12.4. The van der Waals surface area contributed by atoms with E-state index >= 15 is 0 Å². The van der Waals surface area contributed by atoms with E-state index in [1.807, 2.05) is 0 Å². The molecular weight excluding hydrogens is 185 g/mol. The Morgan fingerprint density at radius 1 is 1.42 bits per heavy atom. The van der Waals surface area contributed by atoms with Crippen molar-refractivity contribution in [3.05, 3.63) is 11.8 Å². The quantitative estimate of drug-likeness (QED) is 0.365. The summed E-state index contributed by atoms with van der Waals surface area (Å²) in [6, 6.07) is 0. The summed E-state index contributed by atoms with van der Waals surface area (Å²) >= 11 is 0. The number of carboxylic acid groups (broad SMARTS) is 1. The summed E-state index contributed by atoms with van der Waals surface area (Å²) in [4.78, 5) is 20.3. The van der Waals surface area contributed by atoms with Gasteiger partial charge in [-0.3, -0.25) is 4.79 Å². The molecular formula is C7H10KNO3. The molecule has 0 aromatic rings. The molecule has 0 atom stereocenters. The molecule has 12 heavy (non-hydrogen) atoms. The van der Waals surface area contributed by atoms with Gasteiger partial charge in [-0.15, -0.1) is 0 Å². The van der Waals surface area contributed by atoms with Gasteiger partial charge in [-0.25, -0.2) is 0 Å². The smallest absolute Gasteiger partial charge is 0.548 e. The van der Waals surface area contributed by atoms with Gasteiger partial charge in [0.25, 0.3) is 0 Å². The molecule has 0 aliphatic heterocycles. The molecule has 0 aliphatic carbocycles. The molecule has 0 aromatic heterocycles. The van der Waals surface area contributed by atoms with Crippen molar-refractivity contribution in [3.8, 4) is 0 Å². The Bertz CT molecular complexity index is 201. The van der Waals surface area contributed by atoms with Gasteiger partial charge in [0, 0.05) is 5.70 Å². The standard InChI is InChI=1S/C7H11NO3.K/c1-5(3-6(2)9)8-4-7(10)11;/h3,8H,4H2,1-2H3,(H,10,11);/q;+1/p-1. The number of carboxylic acids is 1. The van der Waals surface area contributed by atoms with E-state index in [-0.39, 0.29) is 63.7 Å². The van der Waals surface area contributed by atoms with Gasteiger partial charge in [0.1, 0.15) is 0 Å². The van der Waals surface area contributed by atoms with Gasteiger partial charge in [-0.05, 0) is 19.9 Å². The molecule has 4 nitrogen and oxygen atoms in total. The Morgan fingerprint density at radius 2 is 1.92 bits per heavy atom. The molecule has 0 heterocycles. The molecule has 0 unspecified atom stereocenters. The molecule has 5 heteroatoms. The number of carbonyl (C=O) groups excluding carboxylic acids is 2. The van der Waals surface area contributed by atoms with E-state index in [2.05, 4.69) is 5.32 Å². The van der Waals surface area contributed by atoms with Crippen molar-refractivity contribution in [3.63, 3.8) is 0 Å². The summed E-state index contributed by atoms with van der Waals surface area (Å²) in [6.45, 7) is 2.74.